The van der Waals surface area contributed by atoms with Gasteiger partial charge in [-0.2, -0.15) is 0 Å². The lowest BCUT2D eigenvalue weighted by atomic mass is 10.1. The van der Waals surface area contributed by atoms with Crippen LogP contribution >= 0.6 is 11.3 Å². The monoisotopic (exact) mass is 458 g/mol. The normalized spacial score (nSPS) is 15.7. The SMILES string of the molecule is COc1cccc2sc(N(Cc3cccnc3)C(=O)C3CC(=O)N(c4ccccc4)C3)nc12. The third-order valence-corrected chi connectivity index (χ3v) is 6.74. The fraction of sp³-hybridized carbons (Fsp3) is 0.200. The topological polar surface area (TPSA) is 75.6 Å². The van der Waals surface area contributed by atoms with Gasteiger partial charge in [-0.25, -0.2) is 4.98 Å². The third-order valence-electron chi connectivity index (χ3n) is 5.69. The summed E-state index contributed by atoms with van der Waals surface area (Å²) in [6, 6.07) is 19.0. The van der Waals surface area contributed by atoms with Crippen molar-refractivity contribution in [3.63, 3.8) is 0 Å². The molecule has 0 bridgehead atoms. The number of para-hydroxylation sites is 2. The van der Waals surface area contributed by atoms with E-state index in [-0.39, 0.29) is 18.2 Å². The maximum Gasteiger partial charge on any atom is 0.234 e. The highest BCUT2D eigenvalue weighted by Crippen LogP contribution is 2.36. The number of carbonyl (C=O) groups excluding carboxylic acids is 2. The second-order valence-electron chi connectivity index (χ2n) is 7.83. The molecule has 1 unspecified atom stereocenters. The van der Waals surface area contributed by atoms with E-state index in [0.29, 0.717) is 24.0 Å². The van der Waals surface area contributed by atoms with Crippen LogP contribution in [0.15, 0.2) is 73.1 Å². The second kappa shape index (κ2) is 8.99. The number of aromatic nitrogens is 2. The lowest BCUT2D eigenvalue weighted by molar-refractivity contribution is -0.124. The first-order valence-electron chi connectivity index (χ1n) is 10.6. The first-order valence-corrected chi connectivity index (χ1v) is 11.4. The minimum absolute atomic E-state index is 0.0492. The molecular weight excluding hydrogens is 436 g/mol. The van der Waals surface area contributed by atoms with Gasteiger partial charge in [-0.3, -0.25) is 19.5 Å². The molecule has 1 fully saturated rings. The Morgan fingerprint density at radius 2 is 2.00 bits per heavy atom. The van der Waals surface area contributed by atoms with Crippen LogP contribution in [0.3, 0.4) is 0 Å². The quantitative estimate of drug-likeness (QED) is 0.431. The minimum Gasteiger partial charge on any atom is -0.494 e. The lowest BCUT2D eigenvalue weighted by Gasteiger charge is -2.23. The van der Waals surface area contributed by atoms with E-state index in [9.17, 15) is 9.59 Å². The molecular formula is C25H22N4O3S. The lowest BCUT2D eigenvalue weighted by Crippen LogP contribution is -2.37. The Hall–Kier alpha value is -3.78. The summed E-state index contributed by atoms with van der Waals surface area (Å²) in [4.78, 5) is 38.8. The van der Waals surface area contributed by atoms with E-state index in [4.69, 9.17) is 9.72 Å². The van der Waals surface area contributed by atoms with Gasteiger partial charge in [0.25, 0.3) is 0 Å². The van der Waals surface area contributed by atoms with E-state index in [1.807, 2.05) is 60.7 Å². The van der Waals surface area contributed by atoms with Crippen molar-refractivity contribution in [3.8, 4) is 5.75 Å². The Balaban J connectivity index is 1.48. The number of nitrogens with zero attached hydrogens (tertiary/aromatic N) is 4. The number of anilines is 2. The maximum atomic E-state index is 13.8. The Labute approximate surface area is 195 Å². The Bertz CT molecular complexity index is 1290. The van der Waals surface area contributed by atoms with Gasteiger partial charge in [0.05, 0.1) is 24.3 Å². The van der Waals surface area contributed by atoms with Crippen LogP contribution < -0.4 is 14.5 Å². The average Bonchev–Trinajstić information content (AvgIpc) is 3.47. The van der Waals surface area contributed by atoms with E-state index < -0.39 is 5.92 Å². The summed E-state index contributed by atoms with van der Waals surface area (Å²) in [7, 11) is 1.61. The molecule has 33 heavy (non-hydrogen) atoms. The fourth-order valence-electron chi connectivity index (χ4n) is 4.06. The summed E-state index contributed by atoms with van der Waals surface area (Å²) in [6.07, 6.45) is 3.61. The van der Waals surface area contributed by atoms with Crippen LogP contribution in [-0.4, -0.2) is 35.4 Å². The largest absolute Gasteiger partial charge is 0.494 e. The van der Waals surface area contributed by atoms with Gasteiger partial charge in [-0.15, -0.1) is 0 Å². The van der Waals surface area contributed by atoms with Crippen LogP contribution in [0.1, 0.15) is 12.0 Å². The molecule has 1 aliphatic heterocycles. The minimum atomic E-state index is -0.455. The molecule has 4 aromatic rings. The van der Waals surface area contributed by atoms with E-state index >= 15 is 0 Å². The van der Waals surface area contributed by atoms with Crippen molar-refractivity contribution in [3.05, 3.63) is 78.6 Å². The van der Waals surface area contributed by atoms with Crippen LogP contribution in [0.2, 0.25) is 0 Å². The van der Waals surface area contributed by atoms with Crippen LogP contribution in [0.5, 0.6) is 5.75 Å². The van der Waals surface area contributed by atoms with Gasteiger partial charge in [0.15, 0.2) is 5.13 Å². The molecule has 5 rings (SSSR count). The smallest absolute Gasteiger partial charge is 0.234 e. The van der Waals surface area contributed by atoms with Crippen molar-refractivity contribution in [2.45, 2.75) is 13.0 Å². The van der Waals surface area contributed by atoms with E-state index in [1.165, 1.54) is 11.3 Å². The standard InChI is InChI=1S/C25H22N4O3S/c1-32-20-10-5-11-21-23(20)27-25(33-21)29(15-17-7-6-12-26-14-17)24(31)18-13-22(30)28(16-18)19-8-3-2-4-9-19/h2-12,14,18H,13,15-16H2,1H3. The molecule has 0 N–H and O–H groups in total. The number of hydrogen-bond donors (Lipinski definition) is 0. The molecule has 2 aromatic heterocycles. The van der Waals surface area contributed by atoms with Gasteiger partial charge in [0.2, 0.25) is 11.8 Å². The zero-order valence-corrected chi connectivity index (χ0v) is 18.9. The molecule has 2 amide bonds. The van der Waals surface area contributed by atoms with Crippen LogP contribution in [-0.2, 0) is 16.1 Å². The molecule has 0 radical (unpaired) electrons. The highest BCUT2D eigenvalue weighted by Gasteiger charge is 2.38. The van der Waals surface area contributed by atoms with Crippen molar-refractivity contribution in [1.82, 2.24) is 9.97 Å². The Morgan fingerprint density at radius 1 is 1.15 bits per heavy atom. The van der Waals surface area contributed by atoms with Crippen molar-refractivity contribution in [1.29, 1.82) is 0 Å². The molecule has 3 heterocycles. The molecule has 1 atom stereocenters. The summed E-state index contributed by atoms with van der Waals surface area (Å²) >= 11 is 1.43. The average molecular weight is 459 g/mol. The van der Waals surface area contributed by atoms with Gasteiger partial charge in [-0.1, -0.05) is 41.7 Å². The molecule has 0 saturated carbocycles. The molecule has 1 saturated heterocycles. The van der Waals surface area contributed by atoms with E-state index in [2.05, 4.69) is 4.98 Å². The van der Waals surface area contributed by atoms with Crippen LogP contribution in [0.4, 0.5) is 10.8 Å². The number of benzene rings is 2. The summed E-state index contributed by atoms with van der Waals surface area (Å²) in [5.41, 5.74) is 2.42. The number of ether oxygens (including phenoxy) is 1. The molecule has 0 spiro atoms. The predicted molar refractivity (Wildman–Crippen MR) is 129 cm³/mol. The number of hydrogen-bond acceptors (Lipinski definition) is 6. The number of thiazole rings is 1. The predicted octanol–water partition coefficient (Wildman–Crippen LogP) is 4.29. The highest BCUT2D eigenvalue weighted by molar-refractivity contribution is 7.22. The van der Waals surface area contributed by atoms with Gasteiger partial charge in [-0.05, 0) is 35.9 Å². The first kappa shape index (κ1) is 21.1. The van der Waals surface area contributed by atoms with Crippen molar-refractivity contribution < 1.29 is 14.3 Å². The van der Waals surface area contributed by atoms with E-state index in [1.54, 1.807) is 29.3 Å². The number of methoxy groups -OCH3 is 1. The summed E-state index contributed by atoms with van der Waals surface area (Å²) in [6.45, 7) is 0.671. The number of amides is 2. The highest BCUT2D eigenvalue weighted by atomic mass is 32.1. The summed E-state index contributed by atoms with van der Waals surface area (Å²) in [5.74, 6) is 0.0360. The fourth-order valence-corrected chi connectivity index (χ4v) is 5.04. The van der Waals surface area contributed by atoms with Gasteiger partial charge < -0.3 is 9.64 Å². The van der Waals surface area contributed by atoms with E-state index in [0.717, 1.165) is 21.5 Å². The Morgan fingerprint density at radius 3 is 2.76 bits per heavy atom. The van der Waals surface area contributed by atoms with Crippen molar-refractivity contribution in [2.75, 3.05) is 23.5 Å². The molecule has 0 aliphatic carbocycles. The number of fused-ring (bicyclic) bond motifs is 1. The zero-order chi connectivity index (χ0) is 22.8. The van der Waals surface area contributed by atoms with Gasteiger partial charge in [0.1, 0.15) is 11.3 Å². The summed E-state index contributed by atoms with van der Waals surface area (Å²) in [5, 5.41) is 0.578. The molecule has 166 valence electrons. The van der Waals surface area contributed by atoms with Crippen molar-refractivity contribution >= 4 is 44.2 Å². The van der Waals surface area contributed by atoms with Crippen LogP contribution in [0.25, 0.3) is 10.2 Å². The molecule has 2 aromatic carbocycles. The molecule has 8 heteroatoms. The van der Waals surface area contributed by atoms with Gasteiger partial charge >= 0.3 is 0 Å². The van der Waals surface area contributed by atoms with Crippen LogP contribution in [0, 0.1) is 5.92 Å². The number of pyridine rings is 1. The number of rotatable bonds is 6. The Kier molecular flexibility index (Phi) is 5.75. The van der Waals surface area contributed by atoms with Gasteiger partial charge in [0, 0.05) is 31.0 Å². The second-order valence-corrected chi connectivity index (χ2v) is 8.84. The molecule has 7 nitrogen and oxygen atoms in total. The number of carbonyl (C=O) groups is 2. The maximum absolute atomic E-state index is 13.8. The zero-order valence-electron chi connectivity index (χ0n) is 18.0. The first-order chi connectivity index (χ1) is 16.1. The third kappa shape index (κ3) is 4.17. The summed E-state index contributed by atoms with van der Waals surface area (Å²) < 4.78 is 6.39. The molecule has 1 aliphatic rings. The van der Waals surface area contributed by atoms with Crippen molar-refractivity contribution in [2.24, 2.45) is 5.92 Å².